The molecule has 0 saturated carbocycles. The first-order chi connectivity index (χ1) is 17.6. The third-order valence-corrected chi connectivity index (χ3v) is 6.00. The molecule has 2 saturated heterocycles. The lowest BCUT2D eigenvalue weighted by Gasteiger charge is -2.29. The van der Waals surface area contributed by atoms with E-state index in [0.717, 1.165) is 11.1 Å². The van der Waals surface area contributed by atoms with Gasteiger partial charge in [-0.15, -0.1) is 0 Å². The van der Waals surface area contributed by atoms with Crippen LogP contribution in [0, 0.1) is 0 Å². The Bertz CT molecular complexity index is 1230. The van der Waals surface area contributed by atoms with Crippen LogP contribution in [0.25, 0.3) is 0 Å². The van der Waals surface area contributed by atoms with Crippen molar-refractivity contribution < 1.29 is 29.3 Å². The predicted octanol–water partition coefficient (Wildman–Crippen LogP) is 1.86. The summed E-state index contributed by atoms with van der Waals surface area (Å²) in [5.74, 6) is -0.501. The van der Waals surface area contributed by atoms with E-state index in [9.17, 15) is 14.4 Å². The van der Waals surface area contributed by atoms with Gasteiger partial charge in [-0.25, -0.2) is 0 Å². The highest BCUT2D eigenvalue weighted by molar-refractivity contribution is 6.05. The lowest BCUT2D eigenvalue weighted by Crippen LogP contribution is -2.52. The maximum Gasteiger partial charge on any atom is 0.255 e. The van der Waals surface area contributed by atoms with Crippen LogP contribution in [0.2, 0.25) is 0 Å². The monoisotopic (exact) mass is 453 g/mol. The molecule has 3 atom stereocenters. The number of benzene rings is 2. The van der Waals surface area contributed by atoms with Gasteiger partial charge in [0.15, 0.2) is 0 Å². The number of nitrogens with zero attached hydrogens (tertiary/aromatic N) is 2. The summed E-state index contributed by atoms with van der Waals surface area (Å²) in [5, 5.41) is 2.30. The van der Waals surface area contributed by atoms with Crippen LogP contribution in [0.15, 0.2) is 42.5 Å². The molecule has 0 spiro atoms. The molecule has 172 valence electrons. The summed E-state index contributed by atoms with van der Waals surface area (Å²) in [6, 6.07) is 11.9. The number of morpholine rings is 1. The molecule has 2 aromatic carbocycles. The molecule has 5 rings (SSSR count). The van der Waals surface area contributed by atoms with E-state index in [-0.39, 0.29) is 44.5 Å². The molecule has 0 aliphatic carbocycles. The highest BCUT2D eigenvalue weighted by atomic mass is 16.5. The van der Waals surface area contributed by atoms with E-state index in [4.69, 9.17) is 15.0 Å². The van der Waals surface area contributed by atoms with E-state index >= 15 is 0 Å². The molecule has 0 aromatic heterocycles. The molecule has 3 aliphatic heterocycles. The fourth-order valence-electron chi connectivity index (χ4n) is 4.24. The quantitative estimate of drug-likeness (QED) is 0.672. The van der Waals surface area contributed by atoms with Gasteiger partial charge in [-0.1, -0.05) is 30.3 Å². The molecule has 0 radical (unpaired) electrons. The molecule has 2 fully saturated rings. The molecule has 1 N–H and O–H groups in total. The molecule has 0 bridgehead atoms. The number of imide groups is 1. The fourth-order valence-corrected chi connectivity index (χ4v) is 4.24. The summed E-state index contributed by atoms with van der Waals surface area (Å²) in [6.45, 7) is -3.73. The van der Waals surface area contributed by atoms with Gasteiger partial charge >= 0.3 is 0 Å². The Morgan fingerprint density at radius 1 is 1.12 bits per heavy atom. The first-order valence-corrected chi connectivity index (χ1v) is 10.8. The van der Waals surface area contributed by atoms with Gasteiger partial charge in [0, 0.05) is 41.2 Å². The second-order valence-electron chi connectivity index (χ2n) is 8.18. The third kappa shape index (κ3) is 4.62. The molecular weight excluding hydrogens is 422 g/mol. The molecular formula is C25H27N3O5. The van der Waals surface area contributed by atoms with E-state index in [2.05, 4.69) is 5.32 Å². The zero-order chi connectivity index (χ0) is 26.3. The molecule has 3 aliphatic rings. The third-order valence-electron chi connectivity index (χ3n) is 6.00. The first kappa shape index (κ1) is 17.3. The molecule has 33 heavy (non-hydrogen) atoms. The maximum absolute atomic E-state index is 13.0. The number of hydrogen-bond donors (Lipinski definition) is 1. The maximum atomic E-state index is 13.0. The zero-order valence-corrected chi connectivity index (χ0v) is 18.0. The lowest BCUT2D eigenvalue weighted by molar-refractivity contribution is -0.136. The van der Waals surface area contributed by atoms with Gasteiger partial charge < -0.3 is 14.4 Å². The van der Waals surface area contributed by atoms with Crippen molar-refractivity contribution in [2.75, 3.05) is 26.2 Å². The smallest absolute Gasteiger partial charge is 0.255 e. The van der Waals surface area contributed by atoms with Crippen molar-refractivity contribution >= 4 is 17.7 Å². The van der Waals surface area contributed by atoms with Gasteiger partial charge in [-0.3, -0.25) is 24.6 Å². The summed E-state index contributed by atoms with van der Waals surface area (Å²) in [5.41, 5.74) is 2.84. The van der Waals surface area contributed by atoms with Crippen LogP contribution in [0.1, 0.15) is 45.4 Å². The van der Waals surface area contributed by atoms with Gasteiger partial charge in [0.05, 0.1) is 21.1 Å². The standard InChI is InChI=1S/C25H27N3O5/c29-23-9-8-21(24(30)26-23)28-15-20-19(25(28)31)2-1-3-22(20)33-16-18-6-4-17(5-7-18)14-27-10-12-32-13-11-27/h1-7,21H,8-16H2,(H,26,29,30)/i10D,11D2,13D. The van der Waals surface area contributed by atoms with Crippen LogP contribution in [-0.2, 0) is 34.0 Å². The van der Waals surface area contributed by atoms with Crippen LogP contribution >= 0.6 is 0 Å². The van der Waals surface area contributed by atoms with Crippen LogP contribution in [0.3, 0.4) is 0 Å². The van der Waals surface area contributed by atoms with Crippen molar-refractivity contribution in [2.24, 2.45) is 0 Å². The van der Waals surface area contributed by atoms with Crippen LogP contribution in [0.5, 0.6) is 5.75 Å². The Labute approximate surface area is 198 Å². The van der Waals surface area contributed by atoms with E-state index in [1.807, 2.05) is 24.3 Å². The summed E-state index contributed by atoms with van der Waals surface area (Å²) < 4.78 is 43.2. The van der Waals surface area contributed by atoms with Crippen LogP contribution < -0.4 is 10.1 Å². The average Bonchev–Trinajstić information content (AvgIpc) is 3.20. The molecule has 8 nitrogen and oxygen atoms in total. The molecule has 3 amide bonds. The largest absolute Gasteiger partial charge is 0.489 e. The van der Waals surface area contributed by atoms with Crippen molar-refractivity contribution in [1.82, 2.24) is 15.1 Å². The molecule has 2 aromatic rings. The van der Waals surface area contributed by atoms with E-state index in [1.54, 1.807) is 18.2 Å². The number of nitrogens with one attached hydrogen (secondary N) is 1. The van der Waals surface area contributed by atoms with Crippen molar-refractivity contribution in [3.8, 4) is 5.75 Å². The topological polar surface area (TPSA) is 88.2 Å². The Kier molecular flexibility index (Phi) is 4.88. The highest BCUT2D eigenvalue weighted by Crippen LogP contribution is 2.34. The first-order valence-electron chi connectivity index (χ1n) is 13.0. The Balaban J connectivity index is 1.24. The summed E-state index contributed by atoms with van der Waals surface area (Å²) >= 11 is 0. The zero-order valence-electron chi connectivity index (χ0n) is 22.0. The minimum atomic E-state index is -2.07. The SMILES string of the molecule is [2H]C1COC([2H])C([2H])([2H])N1Cc1ccc(COc2cccc3c2CN(C2CCC(=O)NC2=O)C3=O)cc1. The van der Waals surface area contributed by atoms with Gasteiger partial charge in [0.2, 0.25) is 11.8 Å². The van der Waals surface area contributed by atoms with Gasteiger partial charge in [0.1, 0.15) is 18.4 Å². The number of fused-ring (bicyclic) bond motifs is 1. The lowest BCUT2D eigenvalue weighted by atomic mass is 10.0. The summed E-state index contributed by atoms with van der Waals surface area (Å²) in [4.78, 5) is 39.6. The minimum Gasteiger partial charge on any atom is -0.489 e. The number of piperidine rings is 1. The summed E-state index contributed by atoms with van der Waals surface area (Å²) in [7, 11) is 0. The normalized spacial score (nSPS) is 28.9. The van der Waals surface area contributed by atoms with E-state index < -0.39 is 31.5 Å². The van der Waals surface area contributed by atoms with Gasteiger partial charge in [0.25, 0.3) is 5.91 Å². The molecule has 8 heteroatoms. The Hall–Kier alpha value is -3.23. The number of carbonyl (C=O) groups is 3. The number of rotatable bonds is 6. The summed E-state index contributed by atoms with van der Waals surface area (Å²) in [6.07, 6.45) is 0.487. The number of ether oxygens (including phenoxy) is 2. The number of carbonyl (C=O) groups excluding carboxylic acids is 3. The number of hydrogen-bond acceptors (Lipinski definition) is 6. The number of amides is 3. The van der Waals surface area contributed by atoms with Crippen molar-refractivity contribution in [1.29, 1.82) is 0 Å². The molecule has 3 unspecified atom stereocenters. The van der Waals surface area contributed by atoms with E-state index in [1.165, 1.54) is 9.80 Å². The van der Waals surface area contributed by atoms with Crippen molar-refractivity contribution in [3.63, 3.8) is 0 Å². The van der Waals surface area contributed by atoms with Crippen molar-refractivity contribution in [3.05, 3.63) is 64.7 Å². The van der Waals surface area contributed by atoms with Gasteiger partial charge in [-0.2, -0.15) is 0 Å². The predicted molar refractivity (Wildman–Crippen MR) is 119 cm³/mol. The highest BCUT2D eigenvalue weighted by Gasteiger charge is 2.40. The van der Waals surface area contributed by atoms with Crippen LogP contribution in [-0.4, -0.2) is 59.8 Å². The van der Waals surface area contributed by atoms with Crippen LogP contribution in [0.4, 0.5) is 0 Å². The Morgan fingerprint density at radius 3 is 2.76 bits per heavy atom. The fraction of sp³-hybridized carbons (Fsp3) is 0.400. The second-order valence-corrected chi connectivity index (χ2v) is 8.18. The Morgan fingerprint density at radius 2 is 1.94 bits per heavy atom. The molecule has 3 heterocycles. The van der Waals surface area contributed by atoms with Crippen molar-refractivity contribution in [2.45, 2.75) is 38.6 Å². The second kappa shape index (κ2) is 9.33. The van der Waals surface area contributed by atoms with Gasteiger partial charge in [-0.05, 0) is 29.7 Å². The average molecular weight is 454 g/mol. The van der Waals surface area contributed by atoms with E-state index in [0.29, 0.717) is 23.3 Å². The minimum absolute atomic E-state index is 0.0233.